The van der Waals surface area contributed by atoms with E-state index in [0.717, 1.165) is 11.6 Å². The van der Waals surface area contributed by atoms with Gasteiger partial charge >= 0.3 is 5.97 Å². The Hall–Kier alpha value is -1.52. The van der Waals surface area contributed by atoms with Gasteiger partial charge < -0.3 is 14.6 Å². The summed E-state index contributed by atoms with van der Waals surface area (Å²) < 4.78 is 10.3. The lowest BCUT2D eigenvalue weighted by atomic mass is 9.78. The number of aliphatic carboxylic acids is 1. The van der Waals surface area contributed by atoms with Gasteiger partial charge in [-0.05, 0) is 17.7 Å². The molecule has 1 N–H and O–H groups in total. The van der Waals surface area contributed by atoms with Crippen molar-refractivity contribution in [3.8, 4) is 5.75 Å². The summed E-state index contributed by atoms with van der Waals surface area (Å²) in [6.07, 6.45) is 2.76. The van der Waals surface area contributed by atoms with Gasteiger partial charge in [0.15, 0.2) is 0 Å². The van der Waals surface area contributed by atoms with Gasteiger partial charge in [-0.2, -0.15) is 0 Å². The third-order valence-corrected chi connectivity index (χ3v) is 3.29. The Labute approximate surface area is 110 Å². The minimum atomic E-state index is -0.981. The van der Waals surface area contributed by atoms with Crippen LogP contribution in [-0.2, 0) is 14.9 Å². The first-order chi connectivity index (χ1) is 8.57. The monoisotopic (exact) mass is 268 g/mol. The molecule has 96 valence electrons. The van der Waals surface area contributed by atoms with Crippen molar-refractivity contribution in [3.05, 3.63) is 40.9 Å². The Morgan fingerprint density at radius 2 is 2.28 bits per heavy atom. The average molecular weight is 269 g/mol. The average Bonchev–Trinajstić information content (AvgIpc) is 2.29. The van der Waals surface area contributed by atoms with Gasteiger partial charge in [0.2, 0.25) is 0 Å². The zero-order valence-electron chi connectivity index (χ0n) is 9.85. The van der Waals surface area contributed by atoms with Gasteiger partial charge in [-0.1, -0.05) is 23.7 Å². The number of methoxy groups -OCH3 is 1. The summed E-state index contributed by atoms with van der Waals surface area (Å²) in [6.45, 7) is 0.867. The van der Waals surface area contributed by atoms with E-state index in [1.165, 1.54) is 0 Å². The minimum Gasteiger partial charge on any atom is -0.497 e. The predicted molar refractivity (Wildman–Crippen MR) is 67.3 cm³/mol. The highest BCUT2D eigenvalue weighted by molar-refractivity contribution is 6.31. The Bertz CT molecular complexity index is 492. The van der Waals surface area contributed by atoms with Crippen LogP contribution >= 0.6 is 11.6 Å². The molecule has 4 nitrogen and oxygen atoms in total. The fourth-order valence-electron chi connectivity index (χ4n) is 1.92. The fraction of sp³-hybridized carbons (Fsp3) is 0.308. The van der Waals surface area contributed by atoms with Crippen molar-refractivity contribution < 1.29 is 19.4 Å². The van der Waals surface area contributed by atoms with E-state index in [0.29, 0.717) is 24.0 Å². The van der Waals surface area contributed by atoms with E-state index in [9.17, 15) is 4.79 Å². The first kappa shape index (κ1) is 12.9. The molecular weight excluding hydrogens is 256 g/mol. The van der Waals surface area contributed by atoms with Crippen LogP contribution in [0.5, 0.6) is 5.75 Å². The molecule has 0 aromatic heterocycles. The molecule has 1 aromatic rings. The SMILES string of the molecule is COc1ccc(C2(/C=C/C(=O)O)COC2)c(Cl)c1. The number of carboxylic acid groups (broad SMARTS) is 1. The molecule has 5 heteroatoms. The highest BCUT2D eigenvalue weighted by atomic mass is 35.5. The van der Waals surface area contributed by atoms with Crippen LogP contribution in [0.25, 0.3) is 0 Å². The molecule has 1 fully saturated rings. The Balaban J connectivity index is 2.36. The number of hydrogen-bond acceptors (Lipinski definition) is 3. The maximum absolute atomic E-state index is 10.6. The summed E-state index contributed by atoms with van der Waals surface area (Å²) in [4.78, 5) is 10.6. The van der Waals surface area contributed by atoms with Gasteiger partial charge in [-0.3, -0.25) is 0 Å². The van der Waals surface area contributed by atoms with Crippen molar-refractivity contribution in [1.29, 1.82) is 0 Å². The van der Waals surface area contributed by atoms with Crippen molar-refractivity contribution in [2.24, 2.45) is 0 Å². The van der Waals surface area contributed by atoms with Crippen molar-refractivity contribution in [3.63, 3.8) is 0 Å². The summed E-state index contributed by atoms with van der Waals surface area (Å²) in [5.41, 5.74) is 0.413. The summed E-state index contributed by atoms with van der Waals surface area (Å²) in [6, 6.07) is 5.36. The molecule has 0 aliphatic carbocycles. The number of halogens is 1. The van der Waals surface area contributed by atoms with E-state index in [1.807, 2.05) is 6.07 Å². The molecule has 0 saturated carbocycles. The van der Waals surface area contributed by atoms with Gasteiger partial charge in [-0.15, -0.1) is 0 Å². The third-order valence-electron chi connectivity index (χ3n) is 2.98. The van der Waals surface area contributed by atoms with Gasteiger partial charge in [0.1, 0.15) is 5.75 Å². The standard InChI is InChI=1S/C13H13ClO4/c1-17-9-2-3-10(11(14)6-9)13(7-18-8-13)5-4-12(15)16/h2-6H,7-8H2,1H3,(H,15,16)/b5-4+. The van der Waals surface area contributed by atoms with E-state index >= 15 is 0 Å². The molecular formula is C13H13ClO4. The Morgan fingerprint density at radius 3 is 2.72 bits per heavy atom. The summed E-state index contributed by atoms with van der Waals surface area (Å²) >= 11 is 6.20. The maximum Gasteiger partial charge on any atom is 0.328 e. The van der Waals surface area contributed by atoms with Crippen LogP contribution in [0.15, 0.2) is 30.4 Å². The van der Waals surface area contributed by atoms with Gasteiger partial charge in [-0.25, -0.2) is 4.79 Å². The maximum atomic E-state index is 10.6. The normalized spacial score (nSPS) is 17.4. The lowest BCUT2D eigenvalue weighted by molar-refractivity contribution is -0.131. The van der Waals surface area contributed by atoms with E-state index in [2.05, 4.69) is 0 Å². The van der Waals surface area contributed by atoms with Crippen molar-refractivity contribution in [2.75, 3.05) is 20.3 Å². The second kappa shape index (κ2) is 5.00. The second-order valence-corrected chi connectivity index (χ2v) is 4.57. The third kappa shape index (κ3) is 2.35. The number of carboxylic acids is 1. The van der Waals surface area contributed by atoms with Crippen LogP contribution in [0.2, 0.25) is 5.02 Å². The molecule has 0 spiro atoms. The highest BCUT2D eigenvalue weighted by Crippen LogP contribution is 2.39. The van der Waals surface area contributed by atoms with Gasteiger partial charge in [0.05, 0.1) is 25.7 Å². The van der Waals surface area contributed by atoms with Crippen molar-refractivity contribution in [1.82, 2.24) is 0 Å². The topological polar surface area (TPSA) is 55.8 Å². The smallest absolute Gasteiger partial charge is 0.328 e. The molecule has 1 aliphatic heterocycles. The van der Waals surface area contributed by atoms with E-state index in [4.69, 9.17) is 26.2 Å². The van der Waals surface area contributed by atoms with Crippen LogP contribution in [-0.4, -0.2) is 31.4 Å². The number of hydrogen-bond donors (Lipinski definition) is 1. The Morgan fingerprint density at radius 1 is 1.56 bits per heavy atom. The van der Waals surface area contributed by atoms with Crippen molar-refractivity contribution >= 4 is 17.6 Å². The van der Waals surface area contributed by atoms with E-state index in [1.54, 1.807) is 25.3 Å². The molecule has 0 amide bonds. The molecule has 0 bridgehead atoms. The first-order valence-corrected chi connectivity index (χ1v) is 5.79. The van der Waals surface area contributed by atoms with Crippen LogP contribution in [0.3, 0.4) is 0 Å². The zero-order chi connectivity index (χ0) is 13.2. The molecule has 1 aliphatic rings. The van der Waals surface area contributed by atoms with Crippen LogP contribution in [0.4, 0.5) is 0 Å². The number of carbonyl (C=O) groups is 1. The van der Waals surface area contributed by atoms with Crippen molar-refractivity contribution in [2.45, 2.75) is 5.41 Å². The highest BCUT2D eigenvalue weighted by Gasteiger charge is 2.39. The zero-order valence-corrected chi connectivity index (χ0v) is 10.6. The van der Waals surface area contributed by atoms with Crippen LogP contribution in [0.1, 0.15) is 5.56 Å². The molecule has 1 heterocycles. The molecule has 0 radical (unpaired) electrons. The quantitative estimate of drug-likeness (QED) is 0.851. The lowest BCUT2D eigenvalue weighted by Gasteiger charge is -2.40. The van der Waals surface area contributed by atoms with E-state index in [-0.39, 0.29) is 0 Å². The van der Waals surface area contributed by atoms with E-state index < -0.39 is 11.4 Å². The summed E-state index contributed by atoms with van der Waals surface area (Å²) in [7, 11) is 1.57. The van der Waals surface area contributed by atoms with Crippen LogP contribution in [0, 0.1) is 0 Å². The van der Waals surface area contributed by atoms with Crippen LogP contribution < -0.4 is 4.74 Å². The molecule has 1 aromatic carbocycles. The summed E-state index contributed by atoms with van der Waals surface area (Å²) in [5.74, 6) is -0.313. The molecule has 18 heavy (non-hydrogen) atoms. The lowest BCUT2D eigenvalue weighted by Crippen LogP contribution is -2.45. The summed E-state index contributed by atoms with van der Waals surface area (Å²) in [5, 5.41) is 9.26. The van der Waals surface area contributed by atoms with Gasteiger partial charge in [0.25, 0.3) is 0 Å². The fourth-order valence-corrected chi connectivity index (χ4v) is 2.28. The number of rotatable bonds is 4. The number of ether oxygens (including phenoxy) is 2. The van der Waals surface area contributed by atoms with Gasteiger partial charge in [0, 0.05) is 11.1 Å². The predicted octanol–water partition coefficient (Wildman–Crippen LogP) is 2.26. The Kier molecular flexibility index (Phi) is 3.59. The number of benzene rings is 1. The minimum absolute atomic E-state index is 0.433. The molecule has 0 atom stereocenters. The molecule has 0 unspecified atom stereocenters. The second-order valence-electron chi connectivity index (χ2n) is 4.17. The first-order valence-electron chi connectivity index (χ1n) is 5.41. The molecule has 2 rings (SSSR count). The molecule has 1 saturated heterocycles. The largest absolute Gasteiger partial charge is 0.497 e.